The Kier molecular flexibility index (Phi) is 15.1. The van der Waals surface area contributed by atoms with Gasteiger partial charge >= 0.3 is 18.0 Å². The van der Waals surface area contributed by atoms with Crippen LogP contribution in [0.1, 0.15) is 94.4 Å². The first kappa shape index (κ1) is 45.0. The van der Waals surface area contributed by atoms with E-state index in [0.29, 0.717) is 19.3 Å². The number of ether oxygens (including phenoxy) is 6. The zero-order valence-corrected chi connectivity index (χ0v) is 33.8. The van der Waals surface area contributed by atoms with Crippen LogP contribution in [-0.4, -0.2) is 133 Å². The molecule has 4 unspecified atom stereocenters. The molecule has 54 heavy (non-hydrogen) atoms. The van der Waals surface area contributed by atoms with Gasteiger partial charge in [-0.15, -0.1) is 0 Å². The summed E-state index contributed by atoms with van der Waals surface area (Å²) < 4.78 is 53.2. The summed E-state index contributed by atoms with van der Waals surface area (Å²) in [7, 11) is 5.01. The van der Waals surface area contributed by atoms with E-state index in [2.05, 4.69) is 10.0 Å². The van der Waals surface area contributed by atoms with Crippen LogP contribution >= 0.6 is 0 Å². The Balaban J connectivity index is 2.18. The molecule has 3 aliphatic rings. The number of methoxy groups -OCH3 is 1. The van der Waals surface area contributed by atoms with Crippen molar-refractivity contribution in [2.24, 2.45) is 22.9 Å². The predicted octanol–water partition coefficient (Wildman–Crippen LogP) is 4.94. The maximum Gasteiger partial charge on any atom is 0.410 e. The van der Waals surface area contributed by atoms with Crippen molar-refractivity contribution < 1.29 is 56.8 Å². The van der Waals surface area contributed by atoms with Gasteiger partial charge in [-0.25, -0.2) is 14.0 Å². The molecule has 306 valence electrons. The van der Waals surface area contributed by atoms with Crippen LogP contribution in [0, 0.1) is 17.8 Å². The van der Waals surface area contributed by atoms with Crippen LogP contribution in [0.3, 0.4) is 0 Å². The number of cyclic esters (lactones) is 1. The maximum absolute atomic E-state index is 16.8. The topological polar surface area (TPSA) is 196 Å². The number of rotatable bonds is 11. The van der Waals surface area contributed by atoms with Gasteiger partial charge in [0.2, 0.25) is 0 Å². The van der Waals surface area contributed by atoms with Crippen molar-refractivity contribution in [3.05, 3.63) is 10.4 Å². The zero-order chi connectivity index (χ0) is 40.9. The summed E-state index contributed by atoms with van der Waals surface area (Å²) in [5.41, 5.74) is 2.35. The van der Waals surface area contributed by atoms with Crippen molar-refractivity contribution >= 4 is 29.6 Å². The maximum atomic E-state index is 16.8. The smallest absolute Gasteiger partial charge is 0.410 e. The number of carbonyl (C=O) groups excluding carboxylic acids is 5. The predicted molar refractivity (Wildman–Crippen MR) is 193 cm³/mol. The van der Waals surface area contributed by atoms with Crippen LogP contribution < -0.4 is 0 Å². The quantitative estimate of drug-likeness (QED) is 0.0523. The van der Waals surface area contributed by atoms with Gasteiger partial charge in [0.15, 0.2) is 23.8 Å². The fourth-order valence-corrected chi connectivity index (χ4v) is 8.52. The number of fused-ring (bicyclic) bond motifs is 1. The van der Waals surface area contributed by atoms with Crippen molar-refractivity contribution in [1.29, 1.82) is 0 Å². The summed E-state index contributed by atoms with van der Waals surface area (Å²) in [5.74, 6) is -6.60. The number of hydrogen-bond acceptors (Lipinski definition) is 13. The first-order valence-electron chi connectivity index (χ1n) is 18.8. The number of azide groups is 1. The number of alkyl halides is 1. The molecule has 0 aromatic carbocycles. The van der Waals surface area contributed by atoms with Gasteiger partial charge in [-0.2, -0.15) is 0 Å². The molecule has 0 aromatic rings. The molecule has 3 aliphatic heterocycles. The number of unbranched alkanes of at least 4 members (excludes halogenated alkanes) is 1. The molecule has 3 fully saturated rings. The fourth-order valence-electron chi connectivity index (χ4n) is 8.52. The summed E-state index contributed by atoms with van der Waals surface area (Å²) in [6.45, 7) is 13.8. The van der Waals surface area contributed by atoms with Crippen molar-refractivity contribution in [2.45, 2.75) is 154 Å². The van der Waals surface area contributed by atoms with Crippen molar-refractivity contribution in [1.82, 2.24) is 9.80 Å². The molecule has 0 aromatic heterocycles. The van der Waals surface area contributed by atoms with Crippen LogP contribution in [0.2, 0.25) is 0 Å². The van der Waals surface area contributed by atoms with Crippen LogP contribution in [0.5, 0.6) is 0 Å². The molecule has 0 aliphatic carbocycles. The van der Waals surface area contributed by atoms with Gasteiger partial charge in [-0.3, -0.25) is 14.4 Å². The van der Waals surface area contributed by atoms with Crippen molar-refractivity contribution in [3.8, 4) is 0 Å². The van der Waals surface area contributed by atoms with Crippen LogP contribution in [0.25, 0.3) is 10.4 Å². The van der Waals surface area contributed by atoms with Gasteiger partial charge in [0.25, 0.3) is 5.67 Å². The lowest BCUT2D eigenvalue weighted by molar-refractivity contribution is -0.298. The number of nitrogens with zero attached hydrogens (tertiary/aromatic N) is 5. The van der Waals surface area contributed by atoms with Gasteiger partial charge < -0.3 is 38.2 Å². The lowest BCUT2D eigenvalue weighted by atomic mass is 9.73. The largest absolute Gasteiger partial charge is 0.455 e. The summed E-state index contributed by atoms with van der Waals surface area (Å²) in [4.78, 5) is 74.5. The molecule has 0 N–H and O–H groups in total. The number of hydrogen-bond donors (Lipinski definition) is 0. The van der Waals surface area contributed by atoms with E-state index in [9.17, 15) is 24.0 Å². The fraction of sp³-hybridized carbons (Fsp3) is 0.865. The van der Waals surface area contributed by atoms with E-state index in [1.54, 1.807) is 34.6 Å². The Morgan fingerprint density at radius 2 is 1.74 bits per heavy atom. The standard InChI is InChI=1S/C37H60FN5O11/c1-13-26-37(9)29(43(34(48)54-37)17-15-14-16-40-41-39)22(4)27(45)20(2)19-35(7,49-12)31(23(5)30(46)36(8,38)33(47)52-26)53-32-28(51-24(6)44)25(42(10)11)18-21(3)50-32/h20-23,25-26,28-29,31-32H,13-19H2,1-12H3/t20-,21?,22+,23+,25?,26-,28?,29-,31-,32?,35+,36+,37-/m1/s1. The molecule has 0 saturated carbocycles. The second kappa shape index (κ2) is 18.1. The molecule has 1 amide bonds. The minimum Gasteiger partial charge on any atom is -0.455 e. The average molecular weight is 770 g/mol. The number of Topliss-reactive ketones (excluding diaryl/α,β-unsaturated/α-hetero) is 2. The lowest BCUT2D eigenvalue weighted by Crippen LogP contribution is -2.62. The number of amides is 1. The normalized spacial score (nSPS) is 39.6. The lowest BCUT2D eigenvalue weighted by Gasteiger charge is -2.48. The Labute approximate surface area is 317 Å². The van der Waals surface area contributed by atoms with E-state index < -0.39 is 89.1 Å². The van der Waals surface area contributed by atoms with Crippen LogP contribution in [0.15, 0.2) is 5.11 Å². The molecule has 3 rings (SSSR count). The molecular weight excluding hydrogens is 709 g/mol. The number of likely N-dealkylation sites (N-methyl/N-ethyl adjacent to an activating group) is 1. The van der Waals surface area contributed by atoms with Gasteiger partial charge in [0.1, 0.15) is 11.9 Å². The molecular formula is C37H60FN5O11. The van der Waals surface area contributed by atoms with Gasteiger partial charge in [-0.05, 0) is 79.4 Å². The monoisotopic (exact) mass is 769 g/mol. The molecule has 3 heterocycles. The zero-order valence-electron chi connectivity index (χ0n) is 33.8. The molecule has 0 radical (unpaired) electrons. The first-order valence-corrected chi connectivity index (χ1v) is 18.8. The summed E-state index contributed by atoms with van der Waals surface area (Å²) in [6, 6.07) is -1.33. The minimum atomic E-state index is -3.21. The Morgan fingerprint density at radius 3 is 2.30 bits per heavy atom. The van der Waals surface area contributed by atoms with E-state index >= 15 is 4.39 Å². The third-order valence-corrected chi connectivity index (χ3v) is 11.4. The van der Waals surface area contributed by atoms with Crippen LogP contribution in [-0.2, 0) is 47.6 Å². The molecule has 3 saturated heterocycles. The first-order chi connectivity index (χ1) is 25.1. The van der Waals surface area contributed by atoms with E-state index in [1.165, 1.54) is 25.9 Å². The molecule has 0 spiro atoms. The highest BCUT2D eigenvalue weighted by Gasteiger charge is 2.61. The van der Waals surface area contributed by atoms with Gasteiger partial charge in [-0.1, -0.05) is 32.8 Å². The molecule has 16 nitrogen and oxygen atoms in total. The van der Waals surface area contributed by atoms with E-state index in [0.717, 1.165) is 6.92 Å². The SMILES string of the molecule is CC[C@H]1OC(=O)[C@@](C)(F)C(=O)[C@H](C)[C@@H](OC2OC(C)CC(N(C)C)C2OC(C)=O)[C@@](C)(OC)C[C@@H](C)C(=O)[C@H](C)[C@H]2N(CCCCN=[N+]=[N-])C(=O)O[C@]12C. The number of carbonyl (C=O) groups is 5. The summed E-state index contributed by atoms with van der Waals surface area (Å²) in [5, 5.41) is 3.55. The van der Waals surface area contributed by atoms with Gasteiger partial charge in [0, 0.05) is 49.8 Å². The molecule has 13 atom stereocenters. The number of esters is 2. The van der Waals surface area contributed by atoms with Crippen molar-refractivity contribution in [3.63, 3.8) is 0 Å². The van der Waals surface area contributed by atoms with Crippen molar-refractivity contribution in [2.75, 3.05) is 34.3 Å². The second-order valence-corrected chi connectivity index (χ2v) is 15.8. The average Bonchev–Trinajstić information content (AvgIpc) is 3.36. The third kappa shape index (κ3) is 9.35. The highest BCUT2D eigenvalue weighted by molar-refractivity contribution is 6.08. The third-order valence-electron chi connectivity index (χ3n) is 11.4. The van der Waals surface area contributed by atoms with Crippen LogP contribution in [0.4, 0.5) is 9.18 Å². The van der Waals surface area contributed by atoms with E-state index in [-0.39, 0.29) is 43.9 Å². The highest BCUT2D eigenvalue weighted by atomic mass is 19.1. The number of halogens is 1. The number of ketones is 2. The summed E-state index contributed by atoms with van der Waals surface area (Å²) in [6.07, 6.45) is -4.58. The Hall–Kier alpha value is -3.37. The van der Waals surface area contributed by atoms with E-state index in [4.69, 9.17) is 34.0 Å². The van der Waals surface area contributed by atoms with E-state index in [1.807, 2.05) is 25.9 Å². The Bertz CT molecular complexity index is 1440. The highest BCUT2D eigenvalue weighted by Crippen LogP contribution is 2.44. The second-order valence-electron chi connectivity index (χ2n) is 15.8. The molecule has 17 heteroatoms. The van der Waals surface area contributed by atoms with Gasteiger partial charge in [0.05, 0.1) is 29.9 Å². The Morgan fingerprint density at radius 1 is 1.09 bits per heavy atom. The molecule has 0 bridgehead atoms. The minimum absolute atomic E-state index is 0.0401. The summed E-state index contributed by atoms with van der Waals surface area (Å²) >= 11 is 0.